The Labute approximate surface area is 109 Å². The highest BCUT2D eigenvalue weighted by atomic mass is 127. The largest absolute Gasteiger partial charge is 0.455 e. The van der Waals surface area contributed by atoms with Crippen LogP contribution >= 0.6 is 22.6 Å². The molecule has 82 valence electrons. The first-order valence-corrected chi connectivity index (χ1v) is 6.02. The van der Waals surface area contributed by atoms with Crippen LogP contribution in [0.4, 0.5) is 5.69 Å². The highest BCUT2D eigenvalue weighted by molar-refractivity contribution is 14.1. The molecular formula is C13H12INO. The molecule has 0 aliphatic rings. The SMILES string of the molecule is Cc1ccc(Oc2ccc(I)cc2N)cc1. The number of benzene rings is 2. The predicted octanol–water partition coefficient (Wildman–Crippen LogP) is 3.97. The van der Waals surface area contributed by atoms with Gasteiger partial charge < -0.3 is 10.5 Å². The molecular weight excluding hydrogens is 313 g/mol. The predicted molar refractivity (Wildman–Crippen MR) is 74.8 cm³/mol. The minimum Gasteiger partial charge on any atom is -0.455 e. The minimum absolute atomic E-state index is 0.660. The molecule has 0 aliphatic heterocycles. The van der Waals surface area contributed by atoms with Crippen LogP contribution in [0, 0.1) is 10.5 Å². The van der Waals surface area contributed by atoms with Gasteiger partial charge in [-0.25, -0.2) is 0 Å². The van der Waals surface area contributed by atoms with Gasteiger partial charge in [-0.2, -0.15) is 0 Å². The topological polar surface area (TPSA) is 35.2 Å². The van der Waals surface area contributed by atoms with E-state index < -0.39 is 0 Å². The molecule has 0 bridgehead atoms. The molecule has 2 N–H and O–H groups in total. The first-order valence-electron chi connectivity index (χ1n) is 4.95. The van der Waals surface area contributed by atoms with Crippen molar-refractivity contribution in [3.63, 3.8) is 0 Å². The standard InChI is InChI=1S/C13H12INO/c1-9-2-5-11(6-3-9)16-13-7-4-10(14)8-12(13)15/h2-8H,15H2,1H3. The second-order valence-electron chi connectivity index (χ2n) is 3.60. The lowest BCUT2D eigenvalue weighted by Gasteiger charge is -2.08. The number of ether oxygens (including phenoxy) is 1. The molecule has 2 nitrogen and oxygen atoms in total. The van der Waals surface area contributed by atoms with E-state index in [0.29, 0.717) is 11.4 Å². The summed E-state index contributed by atoms with van der Waals surface area (Å²) in [5, 5.41) is 0. The molecule has 2 rings (SSSR count). The first kappa shape index (κ1) is 11.3. The highest BCUT2D eigenvalue weighted by Crippen LogP contribution is 2.28. The number of nitrogens with two attached hydrogens (primary N) is 1. The monoisotopic (exact) mass is 325 g/mol. The number of anilines is 1. The molecule has 0 amide bonds. The van der Waals surface area contributed by atoms with Crippen molar-refractivity contribution in [1.29, 1.82) is 0 Å². The van der Waals surface area contributed by atoms with Crippen molar-refractivity contribution >= 4 is 28.3 Å². The van der Waals surface area contributed by atoms with Gasteiger partial charge in [0, 0.05) is 3.57 Å². The maximum atomic E-state index is 5.87. The summed E-state index contributed by atoms with van der Waals surface area (Å²) < 4.78 is 6.79. The number of aryl methyl sites for hydroxylation is 1. The molecule has 0 radical (unpaired) electrons. The second-order valence-corrected chi connectivity index (χ2v) is 4.84. The molecule has 0 spiro atoms. The fraction of sp³-hybridized carbons (Fsp3) is 0.0769. The molecule has 0 unspecified atom stereocenters. The number of hydrogen-bond donors (Lipinski definition) is 1. The van der Waals surface area contributed by atoms with Gasteiger partial charge in [-0.05, 0) is 59.8 Å². The highest BCUT2D eigenvalue weighted by Gasteiger charge is 2.02. The van der Waals surface area contributed by atoms with Gasteiger partial charge in [0.2, 0.25) is 0 Å². The average molecular weight is 325 g/mol. The van der Waals surface area contributed by atoms with Gasteiger partial charge in [-0.1, -0.05) is 17.7 Å². The van der Waals surface area contributed by atoms with Crippen molar-refractivity contribution in [2.24, 2.45) is 0 Å². The van der Waals surface area contributed by atoms with Crippen LogP contribution in [0.15, 0.2) is 42.5 Å². The van der Waals surface area contributed by atoms with E-state index in [9.17, 15) is 0 Å². The lowest BCUT2D eigenvalue weighted by atomic mass is 10.2. The zero-order chi connectivity index (χ0) is 11.5. The van der Waals surface area contributed by atoms with Crippen molar-refractivity contribution < 1.29 is 4.74 Å². The van der Waals surface area contributed by atoms with Crippen LogP contribution in [0.25, 0.3) is 0 Å². The fourth-order valence-electron chi connectivity index (χ4n) is 1.35. The Kier molecular flexibility index (Phi) is 3.33. The Hall–Kier alpha value is -1.23. The van der Waals surface area contributed by atoms with Gasteiger partial charge in [0.05, 0.1) is 5.69 Å². The molecule has 0 saturated carbocycles. The van der Waals surface area contributed by atoms with Crippen molar-refractivity contribution in [2.45, 2.75) is 6.92 Å². The van der Waals surface area contributed by atoms with E-state index in [1.54, 1.807) is 0 Å². The van der Waals surface area contributed by atoms with E-state index in [1.807, 2.05) is 49.4 Å². The number of halogens is 1. The summed E-state index contributed by atoms with van der Waals surface area (Å²) in [6.45, 7) is 2.04. The summed E-state index contributed by atoms with van der Waals surface area (Å²) in [5.74, 6) is 1.50. The molecule has 0 fully saturated rings. The van der Waals surface area contributed by atoms with Gasteiger partial charge in [-0.15, -0.1) is 0 Å². The first-order chi connectivity index (χ1) is 7.65. The Morgan fingerprint density at radius 1 is 1.06 bits per heavy atom. The minimum atomic E-state index is 0.660. The van der Waals surface area contributed by atoms with E-state index in [1.165, 1.54) is 5.56 Å². The summed E-state index contributed by atoms with van der Waals surface area (Å²) in [6.07, 6.45) is 0. The summed E-state index contributed by atoms with van der Waals surface area (Å²) in [6, 6.07) is 13.7. The quantitative estimate of drug-likeness (QED) is 0.670. The van der Waals surface area contributed by atoms with Crippen LogP contribution in [0.5, 0.6) is 11.5 Å². The fourth-order valence-corrected chi connectivity index (χ4v) is 1.86. The van der Waals surface area contributed by atoms with E-state index in [2.05, 4.69) is 22.6 Å². The number of nitrogen functional groups attached to an aromatic ring is 1. The average Bonchev–Trinajstić information content (AvgIpc) is 2.25. The second kappa shape index (κ2) is 4.74. The van der Waals surface area contributed by atoms with Gasteiger partial charge in [-0.3, -0.25) is 0 Å². The zero-order valence-electron chi connectivity index (χ0n) is 8.91. The number of hydrogen-bond acceptors (Lipinski definition) is 2. The molecule has 0 heterocycles. The van der Waals surface area contributed by atoms with Gasteiger partial charge >= 0.3 is 0 Å². The van der Waals surface area contributed by atoms with Gasteiger partial charge in [0.1, 0.15) is 11.5 Å². The summed E-state index contributed by atoms with van der Waals surface area (Å²) in [5.41, 5.74) is 7.74. The van der Waals surface area contributed by atoms with E-state index in [0.717, 1.165) is 9.32 Å². The van der Waals surface area contributed by atoms with Crippen molar-refractivity contribution in [2.75, 3.05) is 5.73 Å². The Balaban J connectivity index is 2.23. The number of rotatable bonds is 2. The van der Waals surface area contributed by atoms with E-state index in [-0.39, 0.29) is 0 Å². The molecule has 2 aromatic carbocycles. The lowest BCUT2D eigenvalue weighted by Crippen LogP contribution is -1.92. The summed E-state index contributed by atoms with van der Waals surface area (Å²) in [4.78, 5) is 0. The Morgan fingerprint density at radius 2 is 1.75 bits per heavy atom. The normalized spacial score (nSPS) is 10.1. The van der Waals surface area contributed by atoms with E-state index >= 15 is 0 Å². The molecule has 3 heteroatoms. The van der Waals surface area contributed by atoms with Crippen LogP contribution in [0.2, 0.25) is 0 Å². The lowest BCUT2D eigenvalue weighted by molar-refractivity contribution is 0.485. The molecule has 16 heavy (non-hydrogen) atoms. The smallest absolute Gasteiger partial charge is 0.150 e. The van der Waals surface area contributed by atoms with Crippen LogP contribution in [-0.2, 0) is 0 Å². The van der Waals surface area contributed by atoms with E-state index in [4.69, 9.17) is 10.5 Å². The van der Waals surface area contributed by atoms with Crippen LogP contribution in [-0.4, -0.2) is 0 Å². The van der Waals surface area contributed by atoms with Crippen LogP contribution in [0.3, 0.4) is 0 Å². The molecule has 2 aromatic rings. The molecule has 0 aliphatic carbocycles. The van der Waals surface area contributed by atoms with Gasteiger partial charge in [0.15, 0.2) is 0 Å². The van der Waals surface area contributed by atoms with Crippen molar-refractivity contribution in [3.05, 3.63) is 51.6 Å². The third-order valence-corrected chi connectivity index (χ3v) is 2.89. The van der Waals surface area contributed by atoms with Crippen LogP contribution in [0.1, 0.15) is 5.56 Å². The van der Waals surface area contributed by atoms with Crippen molar-refractivity contribution in [1.82, 2.24) is 0 Å². The Bertz CT molecular complexity index is 494. The molecule has 0 saturated heterocycles. The summed E-state index contributed by atoms with van der Waals surface area (Å²) >= 11 is 2.22. The third-order valence-electron chi connectivity index (χ3n) is 2.22. The van der Waals surface area contributed by atoms with Crippen molar-refractivity contribution in [3.8, 4) is 11.5 Å². The molecule has 0 atom stereocenters. The zero-order valence-corrected chi connectivity index (χ0v) is 11.1. The Morgan fingerprint density at radius 3 is 2.38 bits per heavy atom. The third kappa shape index (κ3) is 2.66. The summed E-state index contributed by atoms with van der Waals surface area (Å²) in [7, 11) is 0. The maximum Gasteiger partial charge on any atom is 0.150 e. The molecule has 0 aromatic heterocycles. The van der Waals surface area contributed by atoms with Gasteiger partial charge in [0.25, 0.3) is 0 Å². The van der Waals surface area contributed by atoms with Crippen LogP contribution < -0.4 is 10.5 Å². The maximum absolute atomic E-state index is 5.87.